The molecule has 0 aliphatic carbocycles. The van der Waals surface area contributed by atoms with E-state index in [1.54, 1.807) is 18.2 Å². The summed E-state index contributed by atoms with van der Waals surface area (Å²) < 4.78 is 0.884. The maximum absolute atomic E-state index is 11.2. The molecule has 1 unspecified atom stereocenters. The molecule has 0 aliphatic rings. The molecule has 0 aromatic heterocycles. The number of rotatable bonds is 5. The fourth-order valence-electron chi connectivity index (χ4n) is 1.58. The van der Waals surface area contributed by atoms with E-state index in [0.29, 0.717) is 6.54 Å². The van der Waals surface area contributed by atoms with Gasteiger partial charge in [0.1, 0.15) is 5.75 Å². The van der Waals surface area contributed by atoms with E-state index >= 15 is 0 Å². The largest absolute Gasteiger partial charge is 0.508 e. The van der Waals surface area contributed by atoms with E-state index in [2.05, 4.69) is 21.2 Å². The van der Waals surface area contributed by atoms with E-state index in [-0.39, 0.29) is 23.6 Å². The van der Waals surface area contributed by atoms with Gasteiger partial charge < -0.3 is 16.2 Å². The van der Waals surface area contributed by atoms with E-state index in [4.69, 9.17) is 5.73 Å². The summed E-state index contributed by atoms with van der Waals surface area (Å²) in [5, 5.41) is 12.5. The van der Waals surface area contributed by atoms with Crippen LogP contribution in [0.3, 0.4) is 0 Å². The fraction of sp³-hybridized carbons (Fsp3) is 0.417. The Labute approximate surface area is 109 Å². The predicted octanol–water partition coefficient (Wildman–Crippen LogP) is 1.75. The molecule has 4 N–H and O–H groups in total. The quantitative estimate of drug-likeness (QED) is 0.775. The van der Waals surface area contributed by atoms with Crippen LogP contribution in [0.4, 0.5) is 0 Å². The van der Waals surface area contributed by atoms with Gasteiger partial charge in [-0.15, -0.1) is 0 Å². The van der Waals surface area contributed by atoms with E-state index < -0.39 is 0 Å². The number of amides is 1. The maximum atomic E-state index is 11.2. The summed E-state index contributed by atoms with van der Waals surface area (Å²) in [6.45, 7) is 4.33. The van der Waals surface area contributed by atoms with Crippen molar-refractivity contribution in [2.24, 2.45) is 11.7 Å². The number of nitrogens with one attached hydrogen (secondary N) is 1. The second-order valence-electron chi connectivity index (χ2n) is 4.28. The molecule has 0 bridgehead atoms. The van der Waals surface area contributed by atoms with Gasteiger partial charge in [0.25, 0.3) is 0 Å². The normalized spacial score (nSPS) is 12.7. The Bertz CT molecular complexity index is 407. The molecule has 1 rings (SSSR count). The molecule has 0 aliphatic heterocycles. The van der Waals surface area contributed by atoms with Gasteiger partial charge in [-0.2, -0.15) is 0 Å². The van der Waals surface area contributed by atoms with E-state index in [9.17, 15) is 9.90 Å². The Kier molecular flexibility index (Phi) is 4.96. The molecular weight excluding hydrogens is 284 g/mol. The Morgan fingerprint density at radius 3 is 2.71 bits per heavy atom. The van der Waals surface area contributed by atoms with Gasteiger partial charge in [0, 0.05) is 11.0 Å². The van der Waals surface area contributed by atoms with Crippen LogP contribution >= 0.6 is 15.9 Å². The molecule has 94 valence electrons. The van der Waals surface area contributed by atoms with Gasteiger partial charge in [-0.1, -0.05) is 29.8 Å². The van der Waals surface area contributed by atoms with Crippen LogP contribution in [0.15, 0.2) is 22.7 Å². The van der Waals surface area contributed by atoms with Crippen LogP contribution < -0.4 is 11.1 Å². The first-order valence-corrected chi connectivity index (χ1v) is 6.21. The van der Waals surface area contributed by atoms with Crippen LogP contribution in [0.2, 0.25) is 0 Å². The third-order valence-electron chi connectivity index (χ3n) is 2.51. The number of primary amides is 1. The summed E-state index contributed by atoms with van der Waals surface area (Å²) in [6, 6.07) is 4.64. The lowest BCUT2D eigenvalue weighted by Gasteiger charge is -2.19. The van der Waals surface area contributed by atoms with Crippen molar-refractivity contribution in [1.29, 1.82) is 0 Å². The topological polar surface area (TPSA) is 75.3 Å². The molecule has 1 amide bonds. The summed E-state index contributed by atoms with van der Waals surface area (Å²) in [7, 11) is 0. The van der Waals surface area contributed by atoms with Crippen molar-refractivity contribution < 1.29 is 9.90 Å². The summed E-state index contributed by atoms with van der Waals surface area (Å²) in [4.78, 5) is 11.2. The summed E-state index contributed by atoms with van der Waals surface area (Å²) in [5.74, 6) is -0.0370. The second kappa shape index (κ2) is 6.02. The van der Waals surface area contributed by atoms with Gasteiger partial charge in [-0.3, -0.25) is 4.79 Å². The second-order valence-corrected chi connectivity index (χ2v) is 5.14. The Hall–Kier alpha value is -1.07. The molecular formula is C12H17BrN2O2. The molecule has 0 fully saturated rings. The highest BCUT2D eigenvalue weighted by atomic mass is 79.9. The van der Waals surface area contributed by atoms with Gasteiger partial charge in [0.2, 0.25) is 5.91 Å². The molecule has 1 aromatic carbocycles. The molecule has 1 aromatic rings. The van der Waals surface area contributed by atoms with Crippen molar-refractivity contribution in [3.05, 3.63) is 28.2 Å². The predicted molar refractivity (Wildman–Crippen MR) is 70.5 cm³/mol. The molecule has 5 heteroatoms. The first-order chi connectivity index (χ1) is 7.91. The smallest absolute Gasteiger partial charge is 0.234 e. The highest BCUT2D eigenvalue weighted by molar-refractivity contribution is 9.10. The number of phenolic OH excluding ortho intramolecular Hbond substituents is 1. The van der Waals surface area contributed by atoms with Gasteiger partial charge in [0.05, 0.1) is 6.04 Å². The Balaban J connectivity index is 2.72. The van der Waals surface area contributed by atoms with Gasteiger partial charge in [-0.25, -0.2) is 0 Å². The lowest BCUT2D eigenvalue weighted by Crippen LogP contribution is -2.44. The van der Waals surface area contributed by atoms with E-state index in [1.807, 2.05) is 13.8 Å². The molecule has 1 atom stereocenters. The molecule has 0 heterocycles. The van der Waals surface area contributed by atoms with Crippen LogP contribution in [-0.2, 0) is 11.3 Å². The number of hydrogen-bond acceptors (Lipinski definition) is 3. The number of nitrogens with two attached hydrogens (primary N) is 1. The Morgan fingerprint density at radius 1 is 1.53 bits per heavy atom. The van der Waals surface area contributed by atoms with Crippen molar-refractivity contribution in [3.63, 3.8) is 0 Å². The third kappa shape index (κ3) is 4.02. The minimum Gasteiger partial charge on any atom is -0.508 e. The van der Waals surface area contributed by atoms with Crippen LogP contribution in [0.25, 0.3) is 0 Å². The van der Waals surface area contributed by atoms with Crippen molar-refractivity contribution in [1.82, 2.24) is 5.32 Å². The van der Waals surface area contributed by atoms with Crippen molar-refractivity contribution >= 4 is 21.8 Å². The summed E-state index contributed by atoms with van der Waals surface area (Å²) in [6.07, 6.45) is 0. The SMILES string of the molecule is CC(C)C(NCc1cc(O)ccc1Br)C(N)=O. The maximum Gasteiger partial charge on any atom is 0.234 e. The average molecular weight is 301 g/mol. The first-order valence-electron chi connectivity index (χ1n) is 5.42. The first kappa shape index (κ1) is 14.0. The number of benzene rings is 1. The monoisotopic (exact) mass is 300 g/mol. The van der Waals surface area contributed by atoms with Crippen LogP contribution in [0, 0.1) is 5.92 Å². The molecule has 4 nitrogen and oxygen atoms in total. The zero-order valence-corrected chi connectivity index (χ0v) is 11.5. The highest BCUT2D eigenvalue weighted by Gasteiger charge is 2.18. The fourth-order valence-corrected chi connectivity index (χ4v) is 1.97. The van der Waals surface area contributed by atoms with Gasteiger partial charge in [-0.05, 0) is 29.7 Å². The number of hydrogen-bond donors (Lipinski definition) is 3. The van der Waals surface area contributed by atoms with Crippen LogP contribution in [-0.4, -0.2) is 17.1 Å². The van der Waals surface area contributed by atoms with Crippen LogP contribution in [0.1, 0.15) is 19.4 Å². The average Bonchev–Trinajstić information content (AvgIpc) is 2.22. The zero-order chi connectivity index (χ0) is 13.0. The van der Waals surface area contributed by atoms with Crippen molar-refractivity contribution in [3.8, 4) is 5.75 Å². The van der Waals surface area contributed by atoms with Crippen LogP contribution in [0.5, 0.6) is 5.75 Å². The lowest BCUT2D eigenvalue weighted by molar-refractivity contribution is -0.121. The number of carbonyl (C=O) groups is 1. The lowest BCUT2D eigenvalue weighted by atomic mass is 10.0. The van der Waals surface area contributed by atoms with Crippen molar-refractivity contribution in [2.45, 2.75) is 26.4 Å². The third-order valence-corrected chi connectivity index (χ3v) is 3.29. The standard InChI is InChI=1S/C12H17BrN2O2/c1-7(2)11(12(14)17)15-6-8-5-9(16)3-4-10(8)13/h3-5,7,11,15-16H,6H2,1-2H3,(H2,14,17). The van der Waals surface area contributed by atoms with Crippen molar-refractivity contribution in [2.75, 3.05) is 0 Å². The molecule has 0 saturated carbocycles. The number of halogens is 1. The minimum absolute atomic E-state index is 0.128. The van der Waals surface area contributed by atoms with E-state index in [1.165, 1.54) is 0 Å². The number of aromatic hydroxyl groups is 1. The van der Waals surface area contributed by atoms with E-state index in [0.717, 1.165) is 10.0 Å². The molecule has 0 radical (unpaired) electrons. The molecule has 17 heavy (non-hydrogen) atoms. The minimum atomic E-state index is -0.371. The Morgan fingerprint density at radius 2 is 2.18 bits per heavy atom. The zero-order valence-electron chi connectivity index (χ0n) is 9.90. The summed E-state index contributed by atoms with van der Waals surface area (Å²) >= 11 is 3.39. The number of phenols is 1. The molecule has 0 spiro atoms. The summed E-state index contributed by atoms with van der Waals surface area (Å²) in [5.41, 5.74) is 6.19. The van der Waals surface area contributed by atoms with Gasteiger partial charge in [0.15, 0.2) is 0 Å². The van der Waals surface area contributed by atoms with Gasteiger partial charge >= 0.3 is 0 Å². The molecule has 0 saturated heterocycles. The highest BCUT2D eigenvalue weighted by Crippen LogP contribution is 2.21. The number of carbonyl (C=O) groups excluding carboxylic acids is 1.